The number of hydrogen-bond acceptors (Lipinski definition) is 5. The molecule has 0 aliphatic rings. The highest BCUT2D eigenvalue weighted by molar-refractivity contribution is 6.32. The van der Waals surface area contributed by atoms with Gasteiger partial charge in [-0.2, -0.15) is 5.26 Å². The number of ether oxygens (including phenoxy) is 1. The Hall–Kier alpha value is -4.12. The number of carbonyl (C=O) groups excluding carboxylic acids is 2. The van der Waals surface area contributed by atoms with Crippen molar-refractivity contribution in [2.75, 3.05) is 17.7 Å². The van der Waals surface area contributed by atoms with Crippen LogP contribution in [0.4, 0.5) is 11.5 Å². The number of rotatable bonds is 5. The van der Waals surface area contributed by atoms with E-state index in [1.54, 1.807) is 48.7 Å². The Morgan fingerprint density at radius 2 is 1.79 bits per heavy atom. The minimum atomic E-state index is -0.435. The van der Waals surface area contributed by atoms with Gasteiger partial charge in [0.15, 0.2) is 0 Å². The first-order valence-electron chi connectivity index (χ1n) is 8.73. The smallest absolute Gasteiger partial charge is 0.259 e. The molecule has 2 amide bonds. The molecule has 0 unspecified atom stereocenters. The lowest BCUT2D eigenvalue weighted by Gasteiger charge is -2.13. The summed E-state index contributed by atoms with van der Waals surface area (Å²) in [6.07, 6.45) is 1.65. The maximum absolute atomic E-state index is 12.8. The third kappa shape index (κ3) is 4.79. The number of aromatic nitrogens is 1. The summed E-state index contributed by atoms with van der Waals surface area (Å²) in [5.41, 5.74) is 2.35. The number of nitrogens with zero attached hydrogens (tertiary/aromatic N) is 2. The molecule has 1 aromatic heterocycles. The summed E-state index contributed by atoms with van der Waals surface area (Å²) in [4.78, 5) is 29.5. The summed E-state index contributed by atoms with van der Waals surface area (Å²) in [5.74, 6) is 0.0359. The van der Waals surface area contributed by atoms with E-state index in [-0.39, 0.29) is 5.56 Å². The average Bonchev–Trinajstić information content (AvgIpc) is 2.75. The van der Waals surface area contributed by atoms with E-state index in [1.165, 1.54) is 13.2 Å². The van der Waals surface area contributed by atoms with E-state index in [9.17, 15) is 9.59 Å². The molecule has 0 atom stereocenters. The van der Waals surface area contributed by atoms with Crippen LogP contribution in [0.15, 0.2) is 60.8 Å². The van der Waals surface area contributed by atoms with E-state index < -0.39 is 11.8 Å². The van der Waals surface area contributed by atoms with Gasteiger partial charge in [0.2, 0.25) is 0 Å². The predicted molar refractivity (Wildman–Crippen MR) is 112 cm³/mol. The van der Waals surface area contributed by atoms with Crippen LogP contribution >= 0.6 is 0 Å². The summed E-state index contributed by atoms with van der Waals surface area (Å²) in [6, 6.07) is 16.5. The number of nitriles is 1. The quantitative estimate of drug-likeness (QED) is 0.652. The third-order valence-corrected chi connectivity index (χ3v) is 4.15. The molecule has 0 bridgehead atoms. The van der Waals surface area contributed by atoms with E-state index in [2.05, 4.69) is 15.6 Å². The highest BCUT2D eigenvalue weighted by Crippen LogP contribution is 2.24. The van der Waals surface area contributed by atoms with Gasteiger partial charge in [0.25, 0.3) is 11.8 Å². The second-order valence-electron chi connectivity index (χ2n) is 6.23. The number of pyridine rings is 1. The maximum Gasteiger partial charge on any atom is 0.259 e. The number of anilines is 2. The molecule has 1 heterocycles. The molecule has 142 valence electrons. The topological polar surface area (TPSA) is 104 Å². The van der Waals surface area contributed by atoms with Gasteiger partial charge < -0.3 is 15.4 Å². The van der Waals surface area contributed by atoms with Crippen molar-refractivity contribution < 1.29 is 14.3 Å². The van der Waals surface area contributed by atoms with Crippen LogP contribution in [0.3, 0.4) is 0 Å². The second-order valence-corrected chi connectivity index (χ2v) is 6.23. The molecule has 0 fully saturated rings. The maximum atomic E-state index is 12.8. The van der Waals surface area contributed by atoms with Crippen LogP contribution in [0.5, 0.6) is 5.75 Å². The van der Waals surface area contributed by atoms with Crippen molar-refractivity contribution in [2.24, 2.45) is 0 Å². The van der Waals surface area contributed by atoms with Crippen LogP contribution in [-0.4, -0.2) is 31.8 Å². The molecule has 0 aliphatic heterocycles. The number of carbonyl (C=O) groups is 2. The zero-order chi connectivity index (χ0) is 20.8. The SMILES string of the molecule is Bc1ccc(NC(=O)c2cc(OC)ccc2NC(=O)c2ccc(C#N)cc2)nc1. The summed E-state index contributed by atoms with van der Waals surface area (Å²) >= 11 is 0. The lowest BCUT2D eigenvalue weighted by molar-refractivity contribution is 0.102. The first-order valence-corrected chi connectivity index (χ1v) is 8.73. The fourth-order valence-electron chi connectivity index (χ4n) is 2.56. The molecule has 8 heteroatoms. The molecular weight excluding hydrogens is 367 g/mol. The fraction of sp³-hybridized carbons (Fsp3) is 0.0476. The molecule has 2 N–H and O–H groups in total. The van der Waals surface area contributed by atoms with Gasteiger partial charge in [0.1, 0.15) is 19.4 Å². The van der Waals surface area contributed by atoms with Gasteiger partial charge in [-0.15, -0.1) is 0 Å². The lowest BCUT2D eigenvalue weighted by Crippen LogP contribution is -2.19. The van der Waals surface area contributed by atoms with Gasteiger partial charge in [0.05, 0.1) is 30.0 Å². The lowest BCUT2D eigenvalue weighted by atomic mass is 9.99. The minimum Gasteiger partial charge on any atom is -0.497 e. The molecule has 2 aromatic carbocycles. The molecule has 0 radical (unpaired) electrons. The number of nitrogens with one attached hydrogen (secondary N) is 2. The van der Waals surface area contributed by atoms with E-state index in [1.807, 2.05) is 20.0 Å². The monoisotopic (exact) mass is 384 g/mol. The summed E-state index contributed by atoms with van der Waals surface area (Å²) < 4.78 is 5.20. The Morgan fingerprint density at radius 3 is 2.41 bits per heavy atom. The Balaban J connectivity index is 1.86. The normalized spacial score (nSPS) is 9.93. The molecule has 0 saturated carbocycles. The molecule has 3 rings (SSSR count). The van der Waals surface area contributed by atoms with Crippen molar-refractivity contribution in [3.63, 3.8) is 0 Å². The Kier molecular flexibility index (Phi) is 5.90. The van der Waals surface area contributed by atoms with Crippen molar-refractivity contribution in [2.45, 2.75) is 0 Å². The minimum absolute atomic E-state index is 0.230. The van der Waals surface area contributed by atoms with Gasteiger partial charge >= 0.3 is 0 Å². The Bertz CT molecular complexity index is 1090. The molecule has 0 saturated heterocycles. The van der Waals surface area contributed by atoms with Crippen LogP contribution < -0.4 is 20.8 Å². The average molecular weight is 384 g/mol. The van der Waals surface area contributed by atoms with Crippen molar-refractivity contribution in [3.05, 3.63) is 77.5 Å². The first-order chi connectivity index (χ1) is 14.0. The number of benzene rings is 2. The highest BCUT2D eigenvalue weighted by Gasteiger charge is 2.16. The Morgan fingerprint density at radius 1 is 1.03 bits per heavy atom. The van der Waals surface area contributed by atoms with E-state index in [0.717, 1.165) is 5.46 Å². The van der Waals surface area contributed by atoms with Crippen molar-refractivity contribution >= 4 is 36.6 Å². The number of hydrogen-bond donors (Lipinski definition) is 2. The van der Waals surface area contributed by atoms with Crippen molar-refractivity contribution in [3.8, 4) is 11.8 Å². The van der Waals surface area contributed by atoms with Gasteiger partial charge in [-0.05, 0) is 48.5 Å². The number of amides is 2. The summed E-state index contributed by atoms with van der Waals surface area (Å²) in [7, 11) is 3.39. The number of methoxy groups -OCH3 is 1. The standard InChI is InChI=1S/C21H17BN4O3/c1-29-16-7-8-18(25-20(27)14-4-2-13(11-23)3-5-14)17(10-16)21(28)26-19-9-6-15(22)12-24-19/h2-10,12H,22H2,1H3,(H,25,27)(H,24,26,28). The first kappa shape index (κ1) is 19.6. The molecule has 0 aliphatic carbocycles. The Labute approximate surface area is 168 Å². The van der Waals surface area contributed by atoms with Gasteiger partial charge in [-0.1, -0.05) is 11.5 Å². The highest BCUT2D eigenvalue weighted by atomic mass is 16.5. The van der Waals surface area contributed by atoms with Crippen LogP contribution in [0.25, 0.3) is 0 Å². The largest absolute Gasteiger partial charge is 0.497 e. The predicted octanol–water partition coefficient (Wildman–Crippen LogP) is 1.72. The van der Waals surface area contributed by atoms with Gasteiger partial charge in [-0.25, -0.2) is 4.98 Å². The second kappa shape index (κ2) is 8.72. The van der Waals surface area contributed by atoms with Gasteiger partial charge in [-0.3, -0.25) is 9.59 Å². The molecule has 7 nitrogen and oxygen atoms in total. The third-order valence-electron chi connectivity index (χ3n) is 4.15. The van der Waals surface area contributed by atoms with Crippen LogP contribution in [0.2, 0.25) is 0 Å². The van der Waals surface area contributed by atoms with Crippen molar-refractivity contribution in [1.29, 1.82) is 5.26 Å². The molecule has 29 heavy (non-hydrogen) atoms. The fourth-order valence-corrected chi connectivity index (χ4v) is 2.56. The zero-order valence-corrected chi connectivity index (χ0v) is 15.9. The van der Waals surface area contributed by atoms with Crippen molar-refractivity contribution in [1.82, 2.24) is 4.98 Å². The molecule has 0 spiro atoms. The summed E-state index contributed by atoms with van der Waals surface area (Å²) in [6.45, 7) is 0. The zero-order valence-electron chi connectivity index (χ0n) is 15.9. The molecule has 3 aromatic rings. The van der Waals surface area contributed by atoms with E-state index in [4.69, 9.17) is 10.00 Å². The van der Waals surface area contributed by atoms with Crippen LogP contribution in [0.1, 0.15) is 26.3 Å². The van der Waals surface area contributed by atoms with Crippen LogP contribution in [-0.2, 0) is 0 Å². The van der Waals surface area contributed by atoms with E-state index >= 15 is 0 Å². The van der Waals surface area contributed by atoms with Crippen LogP contribution in [0, 0.1) is 11.3 Å². The van der Waals surface area contributed by atoms with Gasteiger partial charge in [0, 0.05) is 11.8 Å². The summed E-state index contributed by atoms with van der Waals surface area (Å²) in [5, 5.41) is 14.3. The molecular formula is C21H17BN4O3. The van der Waals surface area contributed by atoms with E-state index in [0.29, 0.717) is 28.4 Å².